The van der Waals surface area contributed by atoms with Crippen molar-refractivity contribution in [3.05, 3.63) is 75.2 Å². The predicted molar refractivity (Wildman–Crippen MR) is 118 cm³/mol. The number of ether oxygens (including phenoxy) is 1. The molecular formula is C22H14ClNO8S. The Kier molecular flexibility index (Phi) is 6.12. The topological polar surface area (TPSA) is 127 Å². The summed E-state index contributed by atoms with van der Waals surface area (Å²) < 4.78 is 15.6. The Balaban J connectivity index is 1.51. The number of aromatic carboxylic acids is 1. The molecule has 11 heteroatoms. The number of imide groups is 1. The number of furan rings is 2. The third kappa shape index (κ3) is 4.57. The van der Waals surface area contributed by atoms with E-state index in [9.17, 15) is 19.2 Å². The third-order valence-corrected chi connectivity index (χ3v) is 5.84. The van der Waals surface area contributed by atoms with Crippen molar-refractivity contribution in [2.45, 2.75) is 6.54 Å². The molecule has 1 aliphatic heterocycles. The van der Waals surface area contributed by atoms with E-state index in [1.165, 1.54) is 37.5 Å². The maximum atomic E-state index is 12.7. The number of benzene rings is 1. The summed E-state index contributed by atoms with van der Waals surface area (Å²) in [5, 5.41) is 8.65. The number of methoxy groups -OCH3 is 1. The molecule has 2 amide bonds. The number of rotatable bonds is 6. The first kappa shape index (κ1) is 22.4. The normalized spacial score (nSPS) is 14.8. The van der Waals surface area contributed by atoms with Gasteiger partial charge in [0.05, 0.1) is 29.1 Å². The van der Waals surface area contributed by atoms with E-state index in [0.717, 1.165) is 16.7 Å². The van der Waals surface area contributed by atoms with Gasteiger partial charge in [-0.1, -0.05) is 17.7 Å². The van der Waals surface area contributed by atoms with Gasteiger partial charge in [-0.15, -0.1) is 0 Å². The van der Waals surface area contributed by atoms with Crippen LogP contribution in [0.15, 0.2) is 56.2 Å². The van der Waals surface area contributed by atoms with Gasteiger partial charge in [0, 0.05) is 11.6 Å². The van der Waals surface area contributed by atoms with Crippen LogP contribution in [0, 0.1) is 0 Å². The van der Waals surface area contributed by atoms with Crippen LogP contribution in [0.5, 0.6) is 0 Å². The summed E-state index contributed by atoms with van der Waals surface area (Å²) in [4.78, 5) is 48.8. The first-order valence-electron chi connectivity index (χ1n) is 9.32. The van der Waals surface area contributed by atoms with Crippen molar-refractivity contribution in [1.82, 2.24) is 4.90 Å². The van der Waals surface area contributed by atoms with E-state index in [0.29, 0.717) is 17.1 Å². The molecule has 0 unspecified atom stereocenters. The lowest BCUT2D eigenvalue weighted by molar-refractivity contribution is -0.123. The predicted octanol–water partition coefficient (Wildman–Crippen LogP) is 4.91. The van der Waals surface area contributed by atoms with Gasteiger partial charge in [-0.25, -0.2) is 9.59 Å². The fourth-order valence-corrected chi connectivity index (χ4v) is 4.10. The Morgan fingerprint density at radius 3 is 2.64 bits per heavy atom. The van der Waals surface area contributed by atoms with Crippen molar-refractivity contribution in [1.29, 1.82) is 0 Å². The number of amides is 2. The Labute approximate surface area is 195 Å². The lowest BCUT2D eigenvalue weighted by Crippen LogP contribution is -2.27. The Hall–Kier alpha value is -3.76. The number of thioether (sulfide) groups is 1. The van der Waals surface area contributed by atoms with Gasteiger partial charge in [-0.2, -0.15) is 0 Å². The second-order valence-corrected chi connectivity index (χ2v) is 8.13. The second kappa shape index (κ2) is 9.00. The van der Waals surface area contributed by atoms with Crippen LogP contribution in [0.25, 0.3) is 17.4 Å². The first-order valence-corrected chi connectivity index (χ1v) is 10.5. The van der Waals surface area contributed by atoms with Crippen molar-refractivity contribution in [2.75, 3.05) is 7.11 Å². The summed E-state index contributed by atoms with van der Waals surface area (Å²) >= 11 is 6.75. The highest BCUT2D eigenvalue weighted by Gasteiger charge is 2.36. The fourth-order valence-electron chi connectivity index (χ4n) is 3.02. The molecule has 3 aromatic rings. The quantitative estimate of drug-likeness (QED) is 0.380. The van der Waals surface area contributed by atoms with Crippen molar-refractivity contribution in [2.24, 2.45) is 0 Å². The molecule has 1 aliphatic rings. The monoisotopic (exact) mass is 487 g/mol. The number of carbonyl (C=O) groups excluding carboxylic acids is 3. The summed E-state index contributed by atoms with van der Waals surface area (Å²) in [5.41, 5.74) is 0.521. The van der Waals surface area contributed by atoms with Crippen molar-refractivity contribution >= 4 is 52.5 Å². The van der Waals surface area contributed by atoms with Gasteiger partial charge in [0.2, 0.25) is 5.76 Å². The van der Waals surface area contributed by atoms with Gasteiger partial charge >= 0.3 is 11.9 Å². The van der Waals surface area contributed by atoms with Gasteiger partial charge in [0.25, 0.3) is 11.1 Å². The number of carboxylic acid groups (broad SMARTS) is 1. The van der Waals surface area contributed by atoms with Crippen molar-refractivity contribution in [3.63, 3.8) is 0 Å². The van der Waals surface area contributed by atoms with E-state index in [2.05, 4.69) is 4.74 Å². The van der Waals surface area contributed by atoms with E-state index >= 15 is 0 Å². The molecule has 4 rings (SSSR count). The average Bonchev–Trinajstić information content (AvgIpc) is 3.50. The molecule has 9 nitrogen and oxygen atoms in total. The number of carbonyl (C=O) groups is 4. The SMILES string of the molecule is COC(=O)c1ccc(CN2C(=O)SC(=Cc3ccc(-c4ccc(C(=O)O)c(Cl)c4)o3)C2=O)o1. The van der Waals surface area contributed by atoms with E-state index in [-0.39, 0.29) is 33.6 Å². The molecule has 0 bridgehead atoms. The van der Waals surface area contributed by atoms with Gasteiger partial charge in [0.1, 0.15) is 17.3 Å². The number of hydrogen-bond donors (Lipinski definition) is 1. The lowest BCUT2D eigenvalue weighted by Gasteiger charge is -2.09. The van der Waals surface area contributed by atoms with Crippen LogP contribution in [0.1, 0.15) is 32.4 Å². The molecular weight excluding hydrogens is 474 g/mol. The average molecular weight is 488 g/mol. The Morgan fingerprint density at radius 1 is 1.15 bits per heavy atom. The number of carboxylic acids is 1. The summed E-state index contributed by atoms with van der Waals surface area (Å²) in [7, 11) is 1.21. The zero-order chi connectivity index (χ0) is 23.7. The molecule has 2 aromatic heterocycles. The molecule has 1 fully saturated rings. The number of halogens is 1. The molecule has 0 aliphatic carbocycles. The van der Waals surface area contributed by atoms with Crippen LogP contribution in [-0.2, 0) is 16.1 Å². The summed E-state index contributed by atoms with van der Waals surface area (Å²) in [6.45, 7) is -0.142. The lowest BCUT2D eigenvalue weighted by atomic mass is 10.1. The number of nitrogens with zero attached hydrogens (tertiary/aromatic N) is 1. The summed E-state index contributed by atoms with van der Waals surface area (Å²) in [6.07, 6.45) is 1.43. The molecule has 33 heavy (non-hydrogen) atoms. The van der Waals surface area contributed by atoms with Crippen LogP contribution in [0.4, 0.5) is 4.79 Å². The smallest absolute Gasteiger partial charge is 0.373 e. The molecule has 0 radical (unpaired) electrons. The van der Waals surface area contributed by atoms with E-state index in [1.54, 1.807) is 18.2 Å². The number of esters is 1. The zero-order valence-corrected chi connectivity index (χ0v) is 18.4. The van der Waals surface area contributed by atoms with Crippen LogP contribution in [0.3, 0.4) is 0 Å². The van der Waals surface area contributed by atoms with Crippen LogP contribution >= 0.6 is 23.4 Å². The highest BCUT2D eigenvalue weighted by Crippen LogP contribution is 2.35. The van der Waals surface area contributed by atoms with Gasteiger partial charge in [0.15, 0.2) is 0 Å². The third-order valence-electron chi connectivity index (χ3n) is 4.62. The Bertz CT molecular complexity index is 1320. The highest BCUT2D eigenvalue weighted by molar-refractivity contribution is 8.18. The fraction of sp³-hybridized carbons (Fsp3) is 0.0909. The molecule has 3 heterocycles. The minimum atomic E-state index is -1.14. The minimum absolute atomic E-state index is 0.0314. The largest absolute Gasteiger partial charge is 0.478 e. The maximum Gasteiger partial charge on any atom is 0.373 e. The van der Waals surface area contributed by atoms with E-state index < -0.39 is 23.1 Å². The van der Waals surface area contributed by atoms with Gasteiger partial charge in [-0.05, 0) is 48.2 Å². The molecule has 168 valence electrons. The van der Waals surface area contributed by atoms with E-state index in [4.69, 9.17) is 25.5 Å². The van der Waals surface area contributed by atoms with Gasteiger partial charge in [-0.3, -0.25) is 14.5 Å². The molecule has 0 atom stereocenters. The molecule has 1 aromatic carbocycles. The van der Waals surface area contributed by atoms with Gasteiger partial charge < -0.3 is 18.7 Å². The molecule has 0 saturated carbocycles. The molecule has 0 spiro atoms. The standard InChI is InChI=1S/C22H14ClNO8S/c1-30-21(28)17-7-4-13(32-17)10-24-19(25)18(33-22(24)29)9-12-3-6-16(31-12)11-2-5-14(20(26)27)15(23)8-11/h2-9H,10H2,1H3,(H,26,27). The number of hydrogen-bond acceptors (Lipinski definition) is 8. The molecule has 1 saturated heterocycles. The van der Waals surface area contributed by atoms with E-state index in [1.807, 2.05) is 0 Å². The molecule has 1 N–H and O–H groups in total. The zero-order valence-electron chi connectivity index (χ0n) is 16.9. The van der Waals surface area contributed by atoms with Crippen LogP contribution < -0.4 is 0 Å². The van der Waals surface area contributed by atoms with Crippen LogP contribution in [0.2, 0.25) is 5.02 Å². The first-order chi connectivity index (χ1) is 15.8. The minimum Gasteiger partial charge on any atom is -0.478 e. The summed E-state index contributed by atoms with van der Waals surface area (Å²) in [5.74, 6) is -1.39. The van der Waals surface area contributed by atoms with Crippen molar-refractivity contribution in [3.8, 4) is 11.3 Å². The van der Waals surface area contributed by atoms with Crippen molar-refractivity contribution < 1.29 is 37.9 Å². The summed E-state index contributed by atoms with van der Waals surface area (Å²) in [6, 6.07) is 10.5. The van der Waals surface area contributed by atoms with Crippen LogP contribution in [-0.4, -0.2) is 40.2 Å². The highest BCUT2D eigenvalue weighted by atomic mass is 35.5. The second-order valence-electron chi connectivity index (χ2n) is 6.73. The maximum absolute atomic E-state index is 12.7. The Morgan fingerprint density at radius 2 is 1.94 bits per heavy atom.